The summed E-state index contributed by atoms with van der Waals surface area (Å²) >= 11 is 1.64. The van der Waals surface area contributed by atoms with Crippen LogP contribution in [0.2, 0.25) is 0 Å². The Hall–Kier alpha value is -1.14. The molecule has 6 heteroatoms. The topological polar surface area (TPSA) is 80.9 Å². The quantitative estimate of drug-likeness (QED) is 0.567. The summed E-state index contributed by atoms with van der Waals surface area (Å²) in [6, 6.07) is 1.81. The molecule has 3 N–H and O–H groups in total. The molecule has 0 spiro atoms. The van der Waals surface area contributed by atoms with Crippen LogP contribution in [0.4, 0.5) is 0 Å². The molecule has 1 saturated carbocycles. The van der Waals surface area contributed by atoms with Gasteiger partial charge in [-0.2, -0.15) is 0 Å². The number of nitrogens with zero attached hydrogens (tertiary/aromatic N) is 2. The lowest BCUT2D eigenvalue weighted by Gasteiger charge is -2.33. The number of carbonyl (C=O) groups is 1. The maximum Gasteiger partial charge on any atom is 0.238 e. The maximum absolute atomic E-state index is 12.0. The maximum atomic E-state index is 12.0. The first-order chi connectivity index (χ1) is 10.2. The molecule has 21 heavy (non-hydrogen) atoms. The molecule has 5 nitrogen and oxygen atoms in total. The van der Waals surface area contributed by atoms with Crippen molar-refractivity contribution >= 4 is 17.7 Å². The van der Waals surface area contributed by atoms with E-state index in [1.54, 1.807) is 24.2 Å². The average Bonchev–Trinajstić information content (AvgIpc) is 2.90. The normalized spacial score (nSPS) is 25.1. The predicted molar refractivity (Wildman–Crippen MR) is 84.9 cm³/mol. The molecular weight excluding hydrogens is 284 g/mol. The Labute approximate surface area is 130 Å². The summed E-state index contributed by atoms with van der Waals surface area (Å²) in [7, 11) is 0. The van der Waals surface area contributed by atoms with Crippen molar-refractivity contribution < 1.29 is 4.79 Å². The predicted octanol–water partition coefficient (Wildman–Crippen LogP) is 1.98. The molecule has 1 heterocycles. The van der Waals surface area contributed by atoms with E-state index in [4.69, 9.17) is 5.73 Å². The van der Waals surface area contributed by atoms with Gasteiger partial charge in [0.15, 0.2) is 5.16 Å². The van der Waals surface area contributed by atoms with E-state index in [2.05, 4.69) is 22.2 Å². The summed E-state index contributed by atoms with van der Waals surface area (Å²) in [6.07, 6.45) is 8.46. The Kier molecular flexibility index (Phi) is 5.99. The smallest absolute Gasteiger partial charge is 0.238 e. The summed E-state index contributed by atoms with van der Waals surface area (Å²) in [5.74, 6) is 1.04. The first-order valence-electron chi connectivity index (χ1n) is 7.64. The van der Waals surface area contributed by atoms with Crippen LogP contribution in [0.5, 0.6) is 0 Å². The van der Waals surface area contributed by atoms with E-state index in [0.29, 0.717) is 5.92 Å². The number of nitrogens with one attached hydrogen (secondary N) is 1. The number of rotatable bonds is 8. The third-order valence-electron chi connectivity index (χ3n) is 4.19. The van der Waals surface area contributed by atoms with Gasteiger partial charge in [0, 0.05) is 18.1 Å². The van der Waals surface area contributed by atoms with E-state index in [-0.39, 0.29) is 5.91 Å². The molecule has 2 unspecified atom stereocenters. The average molecular weight is 308 g/mol. The van der Waals surface area contributed by atoms with Crippen molar-refractivity contribution in [3.8, 4) is 0 Å². The van der Waals surface area contributed by atoms with E-state index in [9.17, 15) is 4.79 Å². The van der Waals surface area contributed by atoms with Crippen LogP contribution in [0.25, 0.3) is 0 Å². The molecule has 1 aromatic rings. The summed E-state index contributed by atoms with van der Waals surface area (Å²) in [5, 5.41) is 4.22. The molecule has 2 atom stereocenters. The Morgan fingerprint density at radius 3 is 2.95 bits per heavy atom. The fourth-order valence-electron chi connectivity index (χ4n) is 3.11. The van der Waals surface area contributed by atoms with Crippen molar-refractivity contribution in [3.05, 3.63) is 18.5 Å². The van der Waals surface area contributed by atoms with Crippen LogP contribution in [0.3, 0.4) is 0 Å². The Morgan fingerprint density at radius 2 is 2.29 bits per heavy atom. The van der Waals surface area contributed by atoms with Gasteiger partial charge in [0.25, 0.3) is 0 Å². The number of hydrogen-bond acceptors (Lipinski definition) is 5. The minimum atomic E-state index is -0.506. The van der Waals surface area contributed by atoms with E-state index in [1.165, 1.54) is 0 Å². The molecule has 0 aliphatic heterocycles. The van der Waals surface area contributed by atoms with E-state index >= 15 is 0 Å². The molecule has 1 aromatic heterocycles. The number of aromatic nitrogens is 2. The second kappa shape index (κ2) is 7.75. The number of primary amides is 1. The van der Waals surface area contributed by atoms with Gasteiger partial charge in [-0.15, -0.1) is 0 Å². The summed E-state index contributed by atoms with van der Waals surface area (Å²) in [4.78, 5) is 20.4. The van der Waals surface area contributed by atoms with Crippen molar-refractivity contribution in [1.29, 1.82) is 0 Å². The zero-order valence-electron chi connectivity index (χ0n) is 12.5. The standard InChI is InChI=1S/C15H24N4OS/c1-2-8-19-15(13(16)20)7-3-5-12(15)6-11-21-14-17-9-4-10-18-14/h4,9-10,12,19H,2-3,5-8,11H2,1H3,(H2,16,20). The van der Waals surface area contributed by atoms with Crippen LogP contribution in [-0.4, -0.2) is 33.7 Å². The highest BCUT2D eigenvalue weighted by Gasteiger charge is 2.46. The van der Waals surface area contributed by atoms with Crippen LogP contribution in [0.15, 0.2) is 23.6 Å². The fraction of sp³-hybridized carbons (Fsp3) is 0.667. The molecule has 0 saturated heterocycles. The van der Waals surface area contributed by atoms with Gasteiger partial charge in [0.2, 0.25) is 5.91 Å². The molecule has 116 valence electrons. The van der Waals surface area contributed by atoms with Crippen LogP contribution < -0.4 is 11.1 Å². The lowest BCUT2D eigenvalue weighted by molar-refractivity contribution is -0.126. The molecule has 1 amide bonds. The Balaban J connectivity index is 1.92. The molecule has 0 radical (unpaired) electrons. The van der Waals surface area contributed by atoms with Gasteiger partial charge in [-0.3, -0.25) is 4.79 Å². The number of carbonyl (C=O) groups excluding carboxylic acids is 1. The van der Waals surface area contributed by atoms with Gasteiger partial charge in [-0.25, -0.2) is 9.97 Å². The van der Waals surface area contributed by atoms with E-state index < -0.39 is 5.54 Å². The number of hydrogen-bond donors (Lipinski definition) is 2. The van der Waals surface area contributed by atoms with Gasteiger partial charge >= 0.3 is 0 Å². The summed E-state index contributed by atoms with van der Waals surface area (Å²) in [5.41, 5.74) is 5.21. The minimum Gasteiger partial charge on any atom is -0.368 e. The van der Waals surface area contributed by atoms with Crippen molar-refractivity contribution in [2.45, 2.75) is 49.7 Å². The number of thioether (sulfide) groups is 1. The van der Waals surface area contributed by atoms with Crippen LogP contribution in [-0.2, 0) is 4.79 Å². The largest absolute Gasteiger partial charge is 0.368 e. The van der Waals surface area contributed by atoms with Crippen molar-refractivity contribution in [2.75, 3.05) is 12.3 Å². The minimum absolute atomic E-state index is 0.195. The highest BCUT2D eigenvalue weighted by molar-refractivity contribution is 7.99. The first kappa shape index (κ1) is 16.2. The van der Waals surface area contributed by atoms with Crippen LogP contribution >= 0.6 is 11.8 Å². The second-order valence-corrected chi connectivity index (χ2v) is 6.58. The highest BCUT2D eigenvalue weighted by atomic mass is 32.2. The highest BCUT2D eigenvalue weighted by Crippen LogP contribution is 2.38. The SMILES string of the molecule is CCCNC1(C(N)=O)CCCC1CCSc1ncccn1. The Morgan fingerprint density at radius 1 is 1.52 bits per heavy atom. The summed E-state index contributed by atoms with van der Waals surface area (Å²) in [6.45, 7) is 2.95. The number of amides is 1. The lowest BCUT2D eigenvalue weighted by atomic mass is 9.84. The van der Waals surface area contributed by atoms with E-state index in [1.807, 2.05) is 6.07 Å². The molecule has 1 aliphatic rings. The third kappa shape index (κ3) is 3.95. The van der Waals surface area contributed by atoms with Gasteiger partial charge < -0.3 is 11.1 Å². The Bertz CT molecular complexity index is 456. The molecule has 1 fully saturated rings. The van der Waals surface area contributed by atoms with Crippen molar-refractivity contribution in [1.82, 2.24) is 15.3 Å². The fourth-order valence-corrected chi connectivity index (χ4v) is 3.97. The van der Waals surface area contributed by atoms with Crippen molar-refractivity contribution in [3.63, 3.8) is 0 Å². The van der Waals surface area contributed by atoms with Crippen LogP contribution in [0.1, 0.15) is 39.0 Å². The molecule has 0 aromatic carbocycles. The molecular formula is C15H24N4OS. The zero-order chi connectivity index (χ0) is 15.1. The monoisotopic (exact) mass is 308 g/mol. The molecule has 1 aliphatic carbocycles. The number of nitrogens with two attached hydrogens (primary N) is 1. The molecule has 2 rings (SSSR count). The molecule has 0 bridgehead atoms. The van der Waals surface area contributed by atoms with E-state index in [0.717, 1.165) is 49.6 Å². The lowest BCUT2D eigenvalue weighted by Crippen LogP contribution is -2.58. The van der Waals surface area contributed by atoms with Gasteiger partial charge in [0.05, 0.1) is 0 Å². The van der Waals surface area contributed by atoms with Gasteiger partial charge in [0.1, 0.15) is 5.54 Å². The van der Waals surface area contributed by atoms with Crippen LogP contribution in [0, 0.1) is 5.92 Å². The second-order valence-electron chi connectivity index (χ2n) is 5.52. The zero-order valence-corrected chi connectivity index (χ0v) is 13.4. The first-order valence-corrected chi connectivity index (χ1v) is 8.62. The van der Waals surface area contributed by atoms with Gasteiger partial charge in [-0.05, 0) is 44.2 Å². The third-order valence-corrected chi connectivity index (χ3v) is 5.10. The summed E-state index contributed by atoms with van der Waals surface area (Å²) < 4.78 is 0. The van der Waals surface area contributed by atoms with Crippen molar-refractivity contribution in [2.24, 2.45) is 11.7 Å². The van der Waals surface area contributed by atoms with Gasteiger partial charge in [-0.1, -0.05) is 25.1 Å².